The van der Waals surface area contributed by atoms with E-state index < -0.39 is 0 Å². The predicted octanol–water partition coefficient (Wildman–Crippen LogP) is 2.86. The molecule has 0 atom stereocenters. The Bertz CT molecular complexity index is 332. The van der Waals surface area contributed by atoms with E-state index in [1.807, 2.05) is 18.2 Å². The van der Waals surface area contributed by atoms with E-state index in [1.165, 1.54) is 18.4 Å². The largest absolute Gasteiger partial charge is 0.429 e. The summed E-state index contributed by atoms with van der Waals surface area (Å²) in [4.78, 5) is 10.1. The fraction of sp³-hybridized carbons (Fsp3) is 0.300. The molecule has 0 bridgehead atoms. The Morgan fingerprint density at radius 1 is 1.46 bits per heavy atom. The molecule has 2 nitrogen and oxygen atoms in total. The first-order valence-electron chi connectivity index (χ1n) is 4.21. The molecule has 2 rings (SSSR count). The smallest absolute Gasteiger partial charge is 0.298 e. The molecule has 1 aromatic rings. The van der Waals surface area contributed by atoms with E-state index in [-0.39, 0.29) is 0 Å². The molecular formula is C10H9BrO2. The Labute approximate surface area is 85.0 Å². The number of halogens is 1. The van der Waals surface area contributed by atoms with Crippen molar-refractivity contribution in [2.75, 3.05) is 0 Å². The second-order valence-electron chi connectivity index (χ2n) is 3.17. The van der Waals surface area contributed by atoms with Crippen LogP contribution in [-0.4, -0.2) is 6.47 Å². The van der Waals surface area contributed by atoms with Gasteiger partial charge in [0.1, 0.15) is 5.75 Å². The quantitative estimate of drug-likeness (QED) is 0.760. The molecule has 0 saturated heterocycles. The third-order valence-electron chi connectivity index (χ3n) is 2.17. The summed E-state index contributed by atoms with van der Waals surface area (Å²) in [6.07, 6.45) is 2.54. The molecule has 13 heavy (non-hydrogen) atoms. The minimum absolute atomic E-state index is 0.443. The lowest BCUT2D eigenvalue weighted by Crippen LogP contribution is -1.89. The Morgan fingerprint density at radius 3 is 2.77 bits per heavy atom. The highest BCUT2D eigenvalue weighted by atomic mass is 79.9. The second-order valence-corrected chi connectivity index (χ2v) is 4.03. The third kappa shape index (κ3) is 1.91. The number of hydrogen-bond donors (Lipinski definition) is 0. The van der Waals surface area contributed by atoms with Crippen LogP contribution in [-0.2, 0) is 4.79 Å². The van der Waals surface area contributed by atoms with Crippen molar-refractivity contribution >= 4 is 22.4 Å². The topological polar surface area (TPSA) is 26.3 Å². The summed E-state index contributed by atoms with van der Waals surface area (Å²) in [6, 6.07) is 5.68. The van der Waals surface area contributed by atoms with Crippen LogP contribution in [0.3, 0.4) is 0 Å². The molecular weight excluding hydrogens is 232 g/mol. The lowest BCUT2D eigenvalue weighted by molar-refractivity contribution is -0.120. The van der Waals surface area contributed by atoms with Crippen LogP contribution < -0.4 is 4.74 Å². The van der Waals surface area contributed by atoms with Gasteiger partial charge in [-0.3, -0.25) is 4.79 Å². The van der Waals surface area contributed by atoms with Crippen molar-refractivity contribution in [3.8, 4) is 5.75 Å². The van der Waals surface area contributed by atoms with Crippen LogP contribution in [0.5, 0.6) is 5.75 Å². The van der Waals surface area contributed by atoms with Crippen molar-refractivity contribution in [1.29, 1.82) is 0 Å². The highest BCUT2D eigenvalue weighted by molar-refractivity contribution is 9.10. The standard InChI is InChI=1S/C10H9BrO2/c11-10-5-8(13-6-12)3-4-9(10)7-1-2-7/h3-7H,1-2H2. The van der Waals surface area contributed by atoms with Crippen LogP contribution >= 0.6 is 15.9 Å². The van der Waals surface area contributed by atoms with Crippen molar-refractivity contribution < 1.29 is 9.53 Å². The Morgan fingerprint density at radius 2 is 2.23 bits per heavy atom. The molecule has 3 heteroatoms. The fourth-order valence-electron chi connectivity index (χ4n) is 1.36. The van der Waals surface area contributed by atoms with Crippen molar-refractivity contribution in [3.05, 3.63) is 28.2 Å². The number of rotatable bonds is 3. The number of carbonyl (C=O) groups is 1. The molecule has 0 aliphatic heterocycles. The lowest BCUT2D eigenvalue weighted by atomic mass is 10.1. The summed E-state index contributed by atoms with van der Waals surface area (Å²) in [5.41, 5.74) is 1.32. The molecule has 1 aliphatic rings. The molecule has 0 radical (unpaired) electrons. The van der Waals surface area contributed by atoms with E-state index in [4.69, 9.17) is 4.74 Å². The maximum atomic E-state index is 10.1. The Kier molecular flexibility index (Phi) is 2.36. The van der Waals surface area contributed by atoms with Gasteiger partial charge < -0.3 is 4.74 Å². The second kappa shape index (κ2) is 3.50. The molecule has 1 aliphatic carbocycles. The summed E-state index contributed by atoms with van der Waals surface area (Å²) >= 11 is 3.46. The monoisotopic (exact) mass is 240 g/mol. The summed E-state index contributed by atoms with van der Waals surface area (Å²) in [5, 5.41) is 0. The average molecular weight is 241 g/mol. The molecule has 0 spiro atoms. The SMILES string of the molecule is O=COc1ccc(C2CC2)c(Br)c1. The van der Waals surface area contributed by atoms with Crippen LogP contribution in [0.25, 0.3) is 0 Å². The van der Waals surface area contributed by atoms with Gasteiger partial charge in [0.2, 0.25) is 0 Å². The minimum atomic E-state index is 0.443. The van der Waals surface area contributed by atoms with Crippen LogP contribution in [0.15, 0.2) is 22.7 Å². The van der Waals surface area contributed by atoms with Crippen LogP contribution in [0.2, 0.25) is 0 Å². The predicted molar refractivity (Wildman–Crippen MR) is 52.8 cm³/mol. The van der Waals surface area contributed by atoms with Gasteiger partial charge in [-0.25, -0.2) is 0 Å². The molecule has 0 unspecified atom stereocenters. The van der Waals surface area contributed by atoms with Gasteiger partial charge in [0.25, 0.3) is 6.47 Å². The highest BCUT2D eigenvalue weighted by Gasteiger charge is 2.25. The zero-order valence-corrected chi connectivity index (χ0v) is 8.58. The number of benzene rings is 1. The normalized spacial score (nSPS) is 15.5. The molecule has 1 fully saturated rings. The van der Waals surface area contributed by atoms with Gasteiger partial charge in [0.15, 0.2) is 0 Å². The van der Waals surface area contributed by atoms with Crippen molar-refractivity contribution in [3.63, 3.8) is 0 Å². The summed E-state index contributed by atoms with van der Waals surface area (Å²) in [7, 11) is 0. The van der Waals surface area contributed by atoms with Gasteiger partial charge in [0.05, 0.1) is 0 Å². The van der Waals surface area contributed by atoms with Gasteiger partial charge >= 0.3 is 0 Å². The molecule has 0 N–H and O–H groups in total. The number of hydrogen-bond acceptors (Lipinski definition) is 2. The van der Waals surface area contributed by atoms with Gasteiger partial charge in [-0.1, -0.05) is 22.0 Å². The van der Waals surface area contributed by atoms with E-state index in [2.05, 4.69) is 15.9 Å². The maximum absolute atomic E-state index is 10.1. The average Bonchev–Trinajstić information content (AvgIpc) is 2.88. The first-order valence-corrected chi connectivity index (χ1v) is 5.00. The van der Waals surface area contributed by atoms with Crippen LogP contribution in [0, 0.1) is 0 Å². The first-order chi connectivity index (χ1) is 6.31. The Hall–Kier alpha value is -0.830. The molecule has 1 aromatic carbocycles. The minimum Gasteiger partial charge on any atom is -0.429 e. The maximum Gasteiger partial charge on any atom is 0.298 e. The summed E-state index contributed by atoms with van der Waals surface area (Å²) in [6.45, 7) is 0.443. The van der Waals surface area contributed by atoms with E-state index >= 15 is 0 Å². The van der Waals surface area contributed by atoms with E-state index in [9.17, 15) is 4.79 Å². The van der Waals surface area contributed by atoms with Gasteiger partial charge in [0, 0.05) is 4.47 Å². The lowest BCUT2D eigenvalue weighted by Gasteiger charge is -2.03. The summed E-state index contributed by atoms with van der Waals surface area (Å²) in [5.74, 6) is 1.30. The van der Waals surface area contributed by atoms with Gasteiger partial charge in [-0.15, -0.1) is 0 Å². The van der Waals surface area contributed by atoms with E-state index in [0.717, 1.165) is 4.47 Å². The summed E-state index contributed by atoms with van der Waals surface area (Å²) < 4.78 is 5.77. The first kappa shape index (κ1) is 8.75. The van der Waals surface area contributed by atoms with Gasteiger partial charge in [-0.2, -0.15) is 0 Å². The van der Waals surface area contributed by atoms with Crippen molar-refractivity contribution in [1.82, 2.24) is 0 Å². The van der Waals surface area contributed by atoms with Gasteiger partial charge in [-0.05, 0) is 36.5 Å². The van der Waals surface area contributed by atoms with Crippen LogP contribution in [0.1, 0.15) is 24.3 Å². The zero-order chi connectivity index (χ0) is 9.26. The molecule has 0 aromatic heterocycles. The molecule has 1 saturated carbocycles. The number of ether oxygens (including phenoxy) is 1. The molecule has 0 amide bonds. The van der Waals surface area contributed by atoms with Crippen molar-refractivity contribution in [2.45, 2.75) is 18.8 Å². The van der Waals surface area contributed by atoms with Crippen LogP contribution in [0.4, 0.5) is 0 Å². The van der Waals surface area contributed by atoms with E-state index in [0.29, 0.717) is 18.1 Å². The fourth-order valence-corrected chi connectivity index (χ4v) is 2.04. The third-order valence-corrected chi connectivity index (χ3v) is 2.86. The number of carbonyl (C=O) groups excluding carboxylic acids is 1. The highest BCUT2D eigenvalue weighted by Crippen LogP contribution is 2.43. The molecule has 0 heterocycles. The van der Waals surface area contributed by atoms with E-state index in [1.54, 1.807) is 0 Å². The van der Waals surface area contributed by atoms with Crippen molar-refractivity contribution in [2.24, 2.45) is 0 Å². The molecule has 68 valence electrons. The Balaban J connectivity index is 2.25. The zero-order valence-electron chi connectivity index (χ0n) is 7.00.